The minimum atomic E-state index is -2.78. The molecule has 2 aliphatic rings. The SMILES string of the molecule is CO[Si](CCC(N)(C1C=Cc2ccccc21)C1C=Cc2ccccc21)(OC)OC.CO[Si](CCC(N)(Cc1ccccc1)Cc1ccccc1)(OC)OC.CO[Si](CCC(N)(c1ccc2ccccc2c1)c1ccc2ccccc2c1)(OC)OC.COc1ccc(C(N)(CC[Si](OC)(OC)OC)c2ccc(OC)cc2)cc1. The third-order valence-corrected chi connectivity index (χ3v) is 33.4. The van der Waals surface area contributed by atoms with Crippen molar-refractivity contribution in [2.45, 2.75) is 96.7 Å². The molecule has 12 rings (SSSR count). The predicted octanol–water partition coefficient (Wildman–Crippen LogP) is 16.6. The van der Waals surface area contributed by atoms with Crippen molar-refractivity contribution in [3.8, 4) is 11.5 Å². The second-order valence-corrected chi connectivity index (χ2v) is 40.8. The number of nitrogens with two attached hydrogens (primary N) is 4. The van der Waals surface area contributed by atoms with Gasteiger partial charge in [0, 0.05) is 132 Å². The quantitative estimate of drug-likeness (QED) is 0.0267. The summed E-state index contributed by atoms with van der Waals surface area (Å²) in [6, 6.07) is 85.5. The van der Waals surface area contributed by atoms with Gasteiger partial charge >= 0.3 is 35.2 Å². The van der Waals surface area contributed by atoms with Crippen LogP contribution in [-0.4, -0.2) is 146 Å². The van der Waals surface area contributed by atoms with Crippen molar-refractivity contribution < 1.29 is 62.6 Å². The molecule has 0 amide bonds. The van der Waals surface area contributed by atoms with E-state index in [1.807, 2.05) is 60.7 Å². The fraction of sp³-hybridized carbons (Fsp3) is 0.333. The van der Waals surface area contributed by atoms with E-state index in [-0.39, 0.29) is 11.8 Å². The molecule has 2 aliphatic carbocycles. The molecule has 10 aromatic rings. The molecular weight excluding hydrogens is 1470 g/mol. The molecule has 0 saturated heterocycles. The van der Waals surface area contributed by atoms with Crippen molar-refractivity contribution in [1.82, 2.24) is 0 Å². The van der Waals surface area contributed by atoms with Crippen LogP contribution in [0.25, 0.3) is 33.7 Å². The van der Waals surface area contributed by atoms with Crippen LogP contribution in [0.15, 0.2) is 255 Å². The minimum Gasteiger partial charge on any atom is -0.497 e. The summed E-state index contributed by atoms with van der Waals surface area (Å²) < 4.78 is 78.1. The molecule has 0 saturated carbocycles. The summed E-state index contributed by atoms with van der Waals surface area (Å²) in [5.41, 5.74) is 37.7. The highest BCUT2D eigenvalue weighted by molar-refractivity contribution is 6.61. The molecule has 0 aromatic heterocycles. The van der Waals surface area contributed by atoms with E-state index in [2.05, 4.69) is 206 Å². The van der Waals surface area contributed by atoms with Crippen LogP contribution in [0.2, 0.25) is 24.2 Å². The van der Waals surface area contributed by atoms with Crippen molar-refractivity contribution in [3.63, 3.8) is 0 Å². The van der Waals surface area contributed by atoms with Crippen molar-refractivity contribution in [2.24, 2.45) is 22.9 Å². The van der Waals surface area contributed by atoms with Crippen molar-refractivity contribution in [2.75, 3.05) is 99.5 Å². The van der Waals surface area contributed by atoms with E-state index in [1.165, 1.54) is 54.9 Å². The Kier molecular flexibility index (Phi) is 32.1. The van der Waals surface area contributed by atoms with Gasteiger partial charge in [-0.15, -0.1) is 0 Å². The largest absolute Gasteiger partial charge is 0.500 e. The number of ether oxygens (including phenoxy) is 2. The van der Waals surface area contributed by atoms with Crippen LogP contribution in [0.1, 0.15) is 93.2 Å². The number of rotatable bonds is 36. The van der Waals surface area contributed by atoms with Gasteiger partial charge in [-0.1, -0.05) is 231 Å². The summed E-state index contributed by atoms with van der Waals surface area (Å²) in [6.45, 7) is 0. The lowest BCUT2D eigenvalue weighted by Gasteiger charge is -2.42. The lowest BCUT2D eigenvalue weighted by molar-refractivity contribution is 0.119. The van der Waals surface area contributed by atoms with E-state index in [4.69, 9.17) is 85.5 Å². The van der Waals surface area contributed by atoms with Gasteiger partial charge < -0.3 is 85.5 Å². The second kappa shape index (κ2) is 40.9. The molecule has 2 unspecified atom stereocenters. The molecule has 0 aliphatic heterocycles. The molecule has 112 heavy (non-hydrogen) atoms. The summed E-state index contributed by atoms with van der Waals surface area (Å²) in [4.78, 5) is 0. The Labute approximate surface area is 668 Å². The van der Waals surface area contributed by atoms with Crippen LogP contribution >= 0.6 is 0 Å². The molecule has 10 aromatic carbocycles. The van der Waals surface area contributed by atoms with E-state index in [0.717, 1.165) is 59.4 Å². The van der Waals surface area contributed by atoms with Crippen molar-refractivity contribution in [1.29, 1.82) is 0 Å². The highest BCUT2D eigenvalue weighted by atomic mass is 28.4. The summed E-state index contributed by atoms with van der Waals surface area (Å²) in [5, 5.41) is 4.73. The maximum atomic E-state index is 7.36. The molecule has 2 atom stereocenters. The Balaban J connectivity index is 0.000000172. The molecule has 22 heteroatoms. The number of fused-ring (bicyclic) bond motifs is 4. The van der Waals surface area contributed by atoms with Gasteiger partial charge in [-0.2, -0.15) is 0 Å². The number of hydrogen-bond acceptors (Lipinski definition) is 18. The fourth-order valence-electron chi connectivity index (χ4n) is 15.5. The molecule has 18 nitrogen and oxygen atoms in total. The monoisotopic (exact) mass is 1590 g/mol. The van der Waals surface area contributed by atoms with Crippen LogP contribution < -0.4 is 32.4 Å². The normalized spacial score (nSPS) is 14.8. The zero-order valence-electron chi connectivity index (χ0n) is 67.7. The summed E-state index contributed by atoms with van der Waals surface area (Å²) >= 11 is 0. The maximum Gasteiger partial charge on any atom is 0.500 e. The van der Waals surface area contributed by atoms with Crippen LogP contribution in [0.5, 0.6) is 11.5 Å². The number of hydrogen-bond donors (Lipinski definition) is 4. The topological polar surface area (TPSA) is 233 Å². The van der Waals surface area contributed by atoms with Gasteiger partial charge in [0.25, 0.3) is 0 Å². The Bertz CT molecular complexity index is 4320. The molecule has 8 N–H and O–H groups in total. The first-order chi connectivity index (χ1) is 54.1. The first kappa shape index (κ1) is 88.0. The highest BCUT2D eigenvalue weighted by Crippen LogP contribution is 2.50. The minimum absolute atomic E-state index is 0.108. The van der Waals surface area contributed by atoms with Crippen LogP contribution in [-0.2, 0) is 77.0 Å². The average molecular weight is 1590 g/mol. The molecule has 0 bridgehead atoms. The van der Waals surface area contributed by atoms with Crippen LogP contribution in [0.4, 0.5) is 0 Å². The first-order valence-electron chi connectivity index (χ1n) is 37.8. The van der Waals surface area contributed by atoms with Gasteiger partial charge in [0.1, 0.15) is 11.5 Å². The third-order valence-electron chi connectivity index (χ3n) is 22.5. The Morgan fingerprint density at radius 2 is 0.571 bits per heavy atom. The summed E-state index contributed by atoms with van der Waals surface area (Å²) in [5.74, 6) is 1.78. The zero-order valence-corrected chi connectivity index (χ0v) is 71.7. The molecule has 0 radical (unpaired) electrons. The highest BCUT2D eigenvalue weighted by Gasteiger charge is 2.50. The van der Waals surface area contributed by atoms with E-state index in [9.17, 15) is 0 Å². The van der Waals surface area contributed by atoms with Gasteiger partial charge in [-0.05, 0) is 152 Å². The smallest absolute Gasteiger partial charge is 0.497 e. The predicted molar refractivity (Wildman–Crippen MR) is 459 cm³/mol. The number of methoxy groups -OCH3 is 2. The van der Waals surface area contributed by atoms with E-state index >= 15 is 0 Å². The molecular formula is C90H116N4O14Si4. The van der Waals surface area contributed by atoms with Gasteiger partial charge in [0.05, 0.1) is 25.3 Å². The first-order valence-corrected chi connectivity index (χ1v) is 45.5. The maximum absolute atomic E-state index is 7.36. The Morgan fingerprint density at radius 1 is 0.286 bits per heavy atom. The van der Waals surface area contributed by atoms with Gasteiger partial charge in [-0.25, -0.2) is 0 Å². The molecule has 596 valence electrons. The van der Waals surface area contributed by atoms with E-state index in [0.29, 0.717) is 37.0 Å². The van der Waals surface area contributed by atoms with Gasteiger partial charge in [-0.3, -0.25) is 0 Å². The third kappa shape index (κ3) is 21.1. The zero-order chi connectivity index (χ0) is 80.5. The molecule has 0 fully saturated rings. The lowest BCUT2D eigenvalue weighted by atomic mass is 9.69. The molecule has 0 heterocycles. The van der Waals surface area contributed by atoms with Gasteiger partial charge in [0.2, 0.25) is 0 Å². The summed E-state index contributed by atoms with van der Waals surface area (Å²) in [7, 11) is 12.0. The van der Waals surface area contributed by atoms with Gasteiger partial charge in [0.15, 0.2) is 0 Å². The van der Waals surface area contributed by atoms with Crippen LogP contribution in [0.3, 0.4) is 0 Å². The Morgan fingerprint density at radius 3 is 0.911 bits per heavy atom. The van der Waals surface area contributed by atoms with E-state index in [1.54, 1.807) is 99.5 Å². The lowest BCUT2D eigenvalue weighted by Crippen LogP contribution is -2.52. The standard InChI is InChI=1S/C26H29NO3Si.C24H29NO3Si.C20H29NO5Si.C20H29NO3Si/c1-28-31(29-2,30-3)17-16-26(27,24-14-12-20-8-4-6-10-22(20)18-24)25-15-13-21-9-5-7-11-23(21)19-25;1-26-29(27-2,28-3)17-16-24(25,22-14-12-18-8-4-6-10-20(18)22)23-15-13-19-9-5-7-11-21(19)23;1-22-18-10-6-16(7-11-18)20(21,14-15-27(24-3,25-4)26-5)17-8-12-19(23-2)13-9-17;1-22-25(23-2,24-3)15-14-20(21,16-18-10-6-4-7-11-18)17-19-12-8-5-9-13-19/h4-15,18-19H,16-17,27H2,1-3H3;4-15,22-23H,16-17,25H2,1-3H3;6-13H,14-15,21H2,1-5H3;4-13H,14-17,21H2,1-3H3. The van der Waals surface area contributed by atoms with Crippen molar-refractivity contribution in [3.05, 3.63) is 310 Å². The van der Waals surface area contributed by atoms with Crippen LogP contribution in [0, 0.1) is 0 Å². The Hall–Kier alpha value is -7.97. The average Bonchev–Trinajstić information content (AvgIpc) is 1.60. The fourth-order valence-corrected chi connectivity index (χ4v) is 22.9. The second-order valence-electron chi connectivity index (χ2n) is 28.4. The number of benzene rings is 10. The summed E-state index contributed by atoms with van der Waals surface area (Å²) in [6.07, 6.45) is 13.2. The van der Waals surface area contributed by atoms with E-state index < -0.39 is 57.4 Å². The van der Waals surface area contributed by atoms with Crippen molar-refractivity contribution >= 4 is 68.9 Å². The molecule has 0 spiro atoms.